The third-order valence-electron chi connectivity index (χ3n) is 5.55. The number of phenolic OH excluding ortho intramolecular Hbond substituents is 1. The second-order valence-corrected chi connectivity index (χ2v) is 8.01. The van der Waals surface area contributed by atoms with Gasteiger partial charge in [-0.2, -0.15) is 0 Å². The Hall–Kier alpha value is -1.39. The molecule has 0 saturated carbocycles. The summed E-state index contributed by atoms with van der Waals surface area (Å²) in [5.74, 6) is 1.34. The van der Waals surface area contributed by atoms with Gasteiger partial charge in [-0.05, 0) is 108 Å². The Morgan fingerprint density at radius 2 is 1.88 bits per heavy atom. The minimum absolute atomic E-state index is 0.341. The van der Waals surface area contributed by atoms with Crippen molar-refractivity contribution in [3.05, 3.63) is 56.8 Å². The van der Waals surface area contributed by atoms with Crippen LogP contribution in [0.25, 0.3) is 0 Å². The van der Waals surface area contributed by atoms with Gasteiger partial charge in [-0.1, -0.05) is 0 Å². The van der Waals surface area contributed by atoms with Crippen LogP contribution in [0.5, 0.6) is 5.75 Å². The molecular weight excluding hydrogens is 364 g/mol. The molecule has 4 rings (SSSR count). The van der Waals surface area contributed by atoms with E-state index in [1.165, 1.54) is 40.8 Å². The minimum atomic E-state index is 0.341. The van der Waals surface area contributed by atoms with Crippen molar-refractivity contribution in [1.82, 2.24) is 10.3 Å². The molecule has 2 N–H and O–H groups in total. The lowest BCUT2D eigenvalue weighted by atomic mass is 9.75. The number of aromatic hydroxyl groups is 1. The van der Waals surface area contributed by atoms with Crippen molar-refractivity contribution in [2.24, 2.45) is 5.92 Å². The molecule has 1 fully saturated rings. The van der Waals surface area contributed by atoms with Crippen LogP contribution in [-0.2, 0) is 12.8 Å². The predicted molar refractivity (Wildman–Crippen MR) is 99.6 cm³/mol. The van der Waals surface area contributed by atoms with Gasteiger partial charge in [0, 0.05) is 16.6 Å². The molecule has 1 aliphatic carbocycles. The molecule has 0 radical (unpaired) electrons. The number of fused-ring (bicyclic) bond motifs is 2. The fourth-order valence-electron chi connectivity index (χ4n) is 4.52. The van der Waals surface area contributed by atoms with E-state index < -0.39 is 0 Å². The first kappa shape index (κ1) is 16.1. The van der Waals surface area contributed by atoms with E-state index in [0.29, 0.717) is 17.6 Å². The van der Waals surface area contributed by atoms with Crippen molar-refractivity contribution in [1.29, 1.82) is 0 Å². The molecule has 1 aliphatic heterocycles. The summed E-state index contributed by atoms with van der Waals surface area (Å²) < 4.78 is 1.05. The number of aromatic nitrogens is 1. The van der Waals surface area contributed by atoms with E-state index in [0.717, 1.165) is 30.4 Å². The molecule has 126 valence electrons. The van der Waals surface area contributed by atoms with Crippen molar-refractivity contribution in [3.63, 3.8) is 0 Å². The zero-order valence-corrected chi connectivity index (χ0v) is 15.6. The number of nitrogens with one attached hydrogen (secondary N) is 1. The lowest BCUT2D eigenvalue weighted by molar-refractivity contribution is 0.337. The second kappa shape index (κ2) is 6.49. The predicted octanol–water partition coefficient (Wildman–Crippen LogP) is 4.09. The molecular formula is C20H23BrN2O. The largest absolute Gasteiger partial charge is 0.508 e. The summed E-state index contributed by atoms with van der Waals surface area (Å²) in [6.07, 6.45) is 6.26. The van der Waals surface area contributed by atoms with Crippen molar-refractivity contribution < 1.29 is 5.11 Å². The van der Waals surface area contributed by atoms with Gasteiger partial charge in [-0.25, -0.2) is 0 Å². The lowest BCUT2D eigenvalue weighted by Crippen LogP contribution is -2.32. The van der Waals surface area contributed by atoms with Crippen molar-refractivity contribution in [2.45, 2.75) is 38.5 Å². The molecule has 1 aromatic carbocycles. The molecule has 0 amide bonds. The topological polar surface area (TPSA) is 45.1 Å². The van der Waals surface area contributed by atoms with Crippen LogP contribution in [-0.4, -0.2) is 23.2 Å². The maximum absolute atomic E-state index is 10.1. The average molecular weight is 387 g/mol. The van der Waals surface area contributed by atoms with Crippen LogP contribution in [0.3, 0.4) is 0 Å². The van der Waals surface area contributed by atoms with Gasteiger partial charge in [0.1, 0.15) is 5.75 Å². The molecule has 1 atom stereocenters. The quantitative estimate of drug-likeness (QED) is 0.775. The Kier molecular flexibility index (Phi) is 4.35. The number of phenols is 1. The standard InChI is InChI=1S/C20H23BrN2O/c1-12-8-17(24)10-14-2-3-15-9-16(21)11-23-20(15)19(18(12)14)13-4-6-22-7-5-13/h8-11,13,19,22,24H,2-7H2,1H3. The minimum Gasteiger partial charge on any atom is -0.508 e. The Labute approximate surface area is 151 Å². The van der Waals surface area contributed by atoms with Crippen LogP contribution in [0.4, 0.5) is 0 Å². The van der Waals surface area contributed by atoms with Gasteiger partial charge in [-0.15, -0.1) is 0 Å². The molecule has 2 heterocycles. The van der Waals surface area contributed by atoms with Gasteiger partial charge in [0.15, 0.2) is 0 Å². The molecule has 1 saturated heterocycles. The highest BCUT2D eigenvalue weighted by Gasteiger charge is 2.33. The maximum Gasteiger partial charge on any atom is 0.116 e. The van der Waals surface area contributed by atoms with Gasteiger partial charge < -0.3 is 10.4 Å². The van der Waals surface area contributed by atoms with E-state index in [4.69, 9.17) is 4.98 Å². The van der Waals surface area contributed by atoms with Crippen LogP contribution in [0.2, 0.25) is 0 Å². The summed E-state index contributed by atoms with van der Waals surface area (Å²) in [5.41, 5.74) is 6.50. The summed E-state index contributed by atoms with van der Waals surface area (Å²) in [5, 5.41) is 13.6. The number of rotatable bonds is 1. The average Bonchev–Trinajstić information content (AvgIpc) is 2.72. The number of nitrogens with zero attached hydrogens (tertiary/aromatic N) is 1. The van der Waals surface area contributed by atoms with E-state index in [-0.39, 0.29) is 0 Å². The summed E-state index contributed by atoms with van der Waals surface area (Å²) in [6.45, 7) is 4.30. The second-order valence-electron chi connectivity index (χ2n) is 7.10. The summed E-state index contributed by atoms with van der Waals surface area (Å²) in [4.78, 5) is 4.87. The third kappa shape index (κ3) is 2.86. The van der Waals surface area contributed by atoms with E-state index in [2.05, 4.69) is 34.2 Å². The van der Waals surface area contributed by atoms with Gasteiger partial charge in [0.05, 0.1) is 5.69 Å². The van der Waals surface area contributed by atoms with Crippen molar-refractivity contribution in [2.75, 3.05) is 13.1 Å². The molecule has 1 unspecified atom stereocenters. The highest BCUT2D eigenvalue weighted by atomic mass is 79.9. The van der Waals surface area contributed by atoms with Crippen molar-refractivity contribution >= 4 is 15.9 Å². The SMILES string of the molecule is Cc1cc(O)cc2c1C(C1CCNCC1)c1ncc(Br)cc1CC2. The van der Waals surface area contributed by atoms with E-state index >= 15 is 0 Å². The number of benzene rings is 1. The zero-order chi connectivity index (χ0) is 16.7. The fourth-order valence-corrected chi connectivity index (χ4v) is 4.90. The van der Waals surface area contributed by atoms with Crippen LogP contribution >= 0.6 is 15.9 Å². The van der Waals surface area contributed by atoms with Crippen molar-refractivity contribution in [3.8, 4) is 5.75 Å². The smallest absolute Gasteiger partial charge is 0.116 e. The van der Waals surface area contributed by atoms with Crippen LogP contribution in [0.15, 0.2) is 28.9 Å². The number of hydrogen-bond acceptors (Lipinski definition) is 3. The molecule has 0 spiro atoms. The van der Waals surface area contributed by atoms with E-state index in [9.17, 15) is 5.11 Å². The Bertz CT molecular complexity index is 768. The fraction of sp³-hybridized carbons (Fsp3) is 0.450. The van der Waals surface area contributed by atoms with E-state index in [1.807, 2.05) is 18.3 Å². The summed E-state index contributed by atoms with van der Waals surface area (Å²) >= 11 is 3.58. The highest BCUT2D eigenvalue weighted by Crippen LogP contribution is 2.44. The molecule has 0 bridgehead atoms. The van der Waals surface area contributed by atoms with Crippen LogP contribution < -0.4 is 5.32 Å². The number of piperidine rings is 1. The highest BCUT2D eigenvalue weighted by molar-refractivity contribution is 9.10. The number of hydrogen-bond donors (Lipinski definition) is 2. The number of pyridine rings is 1. The Balaban J connectivity index is 1.91. The van der Waals surface area contributed by atoms with E-state index in [1.54, 1.807) is 0 Å². The molecule has 1 aromatic heterocycles. The summed E-state index contributed by atoms with van der Waals surface area (Å²) in [6, 6.07) is 6.12. The van der Waals surface area contributed by atoms with Crippen LogP contribution in [0.1, 0.15) is 46.7 Å². The normalized spacial score (nSPS) is 21.0. The molecule has 2 aromatic rings. The first-order valence-corrected chi connectivity index (χ1v) is 9.60. The van der Waals surface area contributed by atoms with Gasteiger partial charge in [0.2, 0.25) is 0 Å². The van der Waals surface area contributed by atoms with Gasteiger partial charge in [0.25, 0.3) is 0 Å². The zero-order valence-electron chi connectivity index (χ0n) is 14.0. The lowest BCUT2D eigenvalue weighted by Gasteiger charge is -2.33. The van der Waals surface area contributed by atoms with Gasteiger partial charge >= 0.3 is 0 Å². The van der Waals surface area contributed by atoms with Gasteiger partial charge in [-0.3, -0.25) is 4.98 Å². The molecule has 2 aliphatic rings. The number of halogens is 1. The first-order valence-electron chi connectivity index (χ1n) is 8.81. The third-order valence-corrected chi connectivity index (χ3v) is 5.98. The monoisotopic (exact) mass is 386 g/mol. The van der Waals surface area contributed by atoms with Crippen LogP contribution in [0, 0.1) is 12.8 Å². The summed E-state index contributed by atoms with van der Waals surface area (Å²) in [7, 11) is 0. The molecule has 4 heteroatoms. The number of aryl methyl sites for hydroxylation is 3. The maximum atomic E-state index is 10.1. The Morgan fingerprint density at radius 1 is 1.12 bits per heavy atom. The first-order chi connectivity index (χ1) is 11.6. The Morgan fingerprint density at radius 3 is 2.67 bits per heavy atom. The molecule has 3 nitrogen and oxygen atoms in total. The molecule has 24 heavy (non-hydrogen) atoms.